The average molecular weight is 302 g/mol. The zero-order valence-electron chi connectivity index (χ0n) is 10.5. The molecule has 1 heterocycles. The number of aryl methyl sites for hydroxylation is 1. The third-order valence-electron chi connectivity index (χ3n) is 2.83. The highest BCUT2D eigenvalue weighted by atomic mass is 79.9. The van der Waals surface area contributed by atoms with Crippen molar-refractivity contribution in [1.29, 1.82) is 0 Å². The van der Waals surface area contributed by atoms with Gasteiger partial charge in [-0.05, 0) is 19.8 Å². The maximum absolute atomic E-state index is 11.8. The van der Waals surface area contributed by atoms with E-state index in [0.29, 0.717) is 5.56 Å². The van der Waals surface area contributed by atoms with E-state index in [1.807, 2.05) is 14.0 Å². The van der Waals surface area contributed by atoms with E-state index in [1.54, 1.807) is 10.9 Å². The van der Waals surface area contributed by atoms with E-state index < -0.39 is 0 Å². The van der Waals surface area contributed by atoms with E-state index in [1.165, 1.54) is 12.8 Å². The van der Waals surface area contributed by atoms with Gasteiger partial charge in [0.05, 0.1) is 11.8 Å². The summed E-state index contributed by atoms with van der Waals surface area (Å²) in [6.07, 6.45) is 6.24. The second-order valence-electron chi connectivity index (χ2n) is 4.13. The van der Waals surface area contributed by atoms with Crippen LogP contribution in [-0.2, 0) is 7.05 Å². The highest BCUT2D eigenvalue weighted by molar-refractivity contribution is 9.09. The molecule has 17 heavy (non-hydrogen) atoms. The zero-order chi connectivity index (χ0) is 12.7. The molecule has 0 aliphatic rings. The summed E-state index contributed by atoms with van der Waals surface area (Å²) in [7, 11) is 1.84. The summed E-state index contributed by atoms with van der Waals surface area (Å²) >= 11 is 3.40. The molecule has 4 nitrogen and oxygen atoms in total. The lowest BCUT2D eigenvalue weighted by atomic mass is 10.2. The van der Waals surface area contributed by atoms with Crippen molar-refractivity contribution in [2.45, 2.75) is 32.6 Å². The van der Waals surface area contributed by atoms with Crippen LogP contribution in [-0.4, -0.2) is 27.6 Å². The first-order chi connectivity index (χ1) is 8.16. The minimum Gasteiger partial charge on any atom is -0.352 e. The molecule has 1 rings (SSSR count). The lowest BCUT2D eigenvalue weighted by Gasteiger charge is -2.04. The van der Waals surface area contributed by atoms with Gasteiger partial charge < -0.3 is 5.32 Å². The second kappa shape index (κ2) is 7.48. The molecule has 0 aliphatic carbocycles. The van der Waals surface area contributed by atoms with Crippen LogP contribution in [0.3, 0.4) is 0 Å². The normalized spacial score (nSPS) is 10.5. The summed E-state index contributed by atoms with van der Waals surface area (Å²) in [5.41, 5.74) is 1.58. The minimum atomic E-state index is -0.0175. The summed E-state index contributed by atoms with van der Waals surface area (Å²) in [6, 6.07) is 0. The van der Waals surface area contributed by atoms with E-state index in [0.717, 1.165) is 30.4 Å². The minimum absolute atomic E-state index is 0.0175. The molecule has 5 heteroatoms. The third kappa shape index (κ3) is 4.50. The molecule has 0 spiro atoms. The van der Waals surface area contributed by atoms with Crippen molar-refractivity contribution < 1.29 is 4.79 Å². The van der Waals surface area contributed by atoms with Crippen molar-refractivity contribution in [3.05, 3.63) is 17.5 Å². The van der Waals surface area contributed by atoms with Crippen molar-refractivity contribution in [2.24, 2.45) is 7.05 Å². The SMILES string of the molecule is Cc1c(C(=O)NCCCCCCBr)cnn1C. The Kier molecular flexibility index (Phi) is 6.26. The van der Waals surface area contributed by atoms with Crippen LogP contribution in [0, 0.1) is 6.92 Å². The van der Waals surface area contributed by atoms with Gasteiger partial charge in [0.2, 0.25) is 0 Å². The van der Waals surface area contributed by atoms with Crippen molar-refractivity contribution in [1.82, 2.24) is 15.1 Å². The summed E-state index contributed by atoms with van der Waals surface area (Å²) in [5.74, 6) is -0.0175. The van der Waals surface area contributed by atoms with Crippen LogP contribution in [0.5, 0.6) is 0 Å². The van der Waals surface area contributed by atoms with Gasteiger partial charge in [0.15, 0.2) is 0 Å². The molecule has 1 N–H and O–H groups in total. The smallest absolute Gasteiger partial charge is 0.254 e. The van der Waals surface area contributed by atoms with Gasteiger partial charge >= 0.3 is 0 Å². The Morgan fingerprint density at radius 3 is 2.71 bits per heavy atom. The molecular weight excluding hydrogens is 282 g/mol. The molecule has 0 aliphatic heterocycles. The van der Waals surface area contributed by atoms with Crippen LogP contribution in [0.15, 0.2) is 6.20 Å². The molecule has 0 radical (unpaired) electrons. The van der Waals surface area contributed by atoms with Gasteiger partial charge in [-0.15, -0.1) is 0 Å². The third-order valence-corrected chi connectivity index (χ3v) is 3.39. The summed E-state index contributed by atoms with van der Waals surface area (Å²) in [4.78, 5) is 11.8. The van der Waals surface area contributed by atoms with Crippen molar-refractivity contribution in [3.63, 3.8) is 0 Å². The maximum atomic E-state index is 11.8. The highest BCUT2D eigenvalue weighted by Gasteiger charge is 2.11. The standard InChI is InChI=1S/C12H20BrN3O/c1-10-11(9-15-16(10)2)12(17)14-8-6-4-3-5-7-13/h9H,3-8H2,1-2H3,(H,14,17). The second-order valence-corrected chi connectivity index (χ2v) is 4.92. The molecule has 0 saturated carbocycles. The Bertz CT molecular complexity index is 363. The van der Waals surface area contributed by atoms with Crippen molar-refractivity contribution in [3.8, 4) is 0 Å². The first-order valence-electron chi connectivity index (χ1n) is 5.99. The average Bonchev–Trinajstić information content (AvgIpc) is 2.64. The van der Waals surface area contributed by atoms with Crippen LogP contribution in [0.1, 0.15) is 41.7 Å². The Hall–Kier alpha value is -0.840. The van der Waals surface area contributed by atoms with E-state index in [9.17, 15) is 4.79 Å². The van der Waals surface area contributed by atoms with Gasteiger partial charge in [0.1, 0.15) is 0 Å². The number of unbranched alkanes of at least 4 members (excludes halogenated alkanes) is 3. The van der Waals surface area contributed by atoms with E-state index in [2.05, 4.69) is 26.3 Å². The zero-order valence-corrected chi connectivity index (χ0v) is 12.1. The van der Waals surface area contributed by atoms with Gasteiger partial charge in [-0.1, -0.05) is 28.8 Å². The topological polar surface area (TPSA) is 46.9 Å². The number of halogens is 1. The molecular formula is C12H20BrN3O. The number of alkyl halides is 1. The predicted octanol–water partition coefficient (Wildman–Crippen LogP) is 2.41. The maximum Gasteiger partial charge on any atom is 0.254 e. The molecule has 0 unspecified atom stereocenters. The summed E-state index contributed by atoms with van der Waals surface area (Å²) in [5, 5.41) is 8.05. The van der Waals surface area contributed by atoms with Crippen LogP contribution in [0.4, 0.5) is 0 Å². The molecule has 96 valence electrons. The van der Waals surface area contributed by atoms with Gasteiger partial charge in [0.25, 0.3) is 5.91 Å². The molecule has 0 saturated heterocycles. The number of carbonyl (C=O) groups excluding carboxylic acids is 1. The molecule has 1 amide bonds. The summed E-state index contributed by atoms with van der Waals surface area (Å²) < 4.78 is 1.71. The van der Waals surface area contributed by atoms with Crippen molar-refractivity contribution >= 4 is 21.8 Å². The van der Waals surface area contributed by atoms with Crippen LogP contribution in [0.25, 0.3) is 0 Å². The monoisotopic (exact) mass is 301 g/mol. The van der Waals surface area contributed by atoms with Crippen LogP contribution >= 0.6 is 15.9 Å². The number of carbonyl (C=O) groups is 1. The molecule has 1 aromatic heterocycles. The predicted molar refractivity (Wildman–Crippen MR) is 72.5 cm³/mol. The Balaban J connectivity index is 2.24. The first kappa shape index (κ1) is 14.2. The molecule has 0 atom stereocenters. The number of hydrogen-bond acceptors (Lipinski definition) is 2. The number of nitrogens with one attached hydrogen (secondary N) is 1. The Morgan fingerprint density at radius 1 is 1.41 bits per heavy atom. The van der Waals surface area contributed by atoms with E-state index in [4.69, 9.17) is 0 Å². The molecule has 0 aromatic carbocycles. The highest BCUT2D eigenvalue weighted by Crippen LogP contribution is 2.05. The first-order valence-corrected chi connectivity index (χ1v) is 7.11. The molecule has 1 aromatic rings. The number of amides is 1. The lowest BCUT2D eigenvalue weighted by Crippen LogP contribution is -2.24. The molecule has 0 bridgehead atoms. The summed E-state index contributed by atoms with van der Waals surface area (Å²) in [6.45, 7) is 2.65. The fourth-order valence-corrected chi connectivity index (χ4v) is 1.99. The molecule has 0 fully saturated rings. The van der Waals surface area contributed by atoms with Gasteiger partial charge in [-0.3, -0.25) is 9.48 Å². The van der Waals surface area contributed by atoms with Gasteiger partial charge in [-0.25, -0.2) is 0 Å². The van der Waals surface area contributed by atoms with E-state index in [-0.39, 0.29) is 5.91 Å². The Morgan fingerprint density at radius 2 is 2.12 bits per heavy atom. The fraction of sp³-hybridized carbons (Fsp3) is 0.667. The van der Waals surface area contributed by atoms with E-state index >= 15 is 0 Å². The number of rotatable bonds is 7. The van der Waals surface area contributed by atoms with Crippen molar-refractivity contribution in [2.75, 3.05) is 11.9 Å². The lowest BCUT2D eigenvalue weighted by molar-refractivity contribution is 0.0952. The number of aromatic nitrogens is 2. The largest absolute Gasteiger partial charge is 0.352 e. The van der Waals surface area contributed by atoms with Crippen LogP contribution < -0.4 is 5.32 Å². The quantitative estimate of drug-likeness (QED) is 0.621. The van der Waals surface area contributed by atoms with Crippen LogP contribution in [0.2, 0.25) is 0 Å². The fourth-order valence-electron chi connectivity index (χ4n) is 1.59. The number of nitrogens with zero attached hydrogens (tertiary/aromatic N) is 2. The van der Waals surface area contributed by atoms with Gasteiger partial charge in [0, 0.05) is 24.6 Å². The Labute approximate surface area is 111 Å². The van der Waals surface area contributed by atoms with Gasteiger partial charge in [-0.2, -0.15) is 5.10 Å². The number of hydrogen-bond donors (Lipinski definition) is 1.